The van der Waals surface area contributed by atoms with Gasteiger partial charge in [-0.2, -0.15) is 0 Å². The van der Waals surface area contributed by atoms with Crippen molar-refractivity contribution in [2.45, 2.75) is 45.7 Å². The Labute approximate surface area is 167 Å². The van der Waals surface area contributed by atoms with Crippen molar-refractivity contribution in [2.24, 2.45) is 0 Å². The van der Waals surface area contributed by atoms with E-state index in [9.17, 15) is 4.79 Å². The lowest BCUT2D eigenvalue weighted by Gasteiger charge is -2.30. The van der Waals surface area contributed by atoms with Gasteiger partial charge in [-0.25, -0.2) is 9.97 Å². The first-order valence-electron chi connectivity index (χ1n) is 10.1. The maximum absolute atomic E-state index is 11.7. The molecule has 28 heavy (non-hydrogen) atoms. The molecule has 0 radical (unpaired) electrons. The number of carbonyl (C=O) groups is 1. The summed E-state index contributed by atoms with van der Waals surface area (Å²) in [7, 11) is 1.93. The van der Waals surface area contributed by atoms with Crippen molar-refractivity contribution >= 4 is 11.7 Å². The number of amides is 1. The first-order chi connectivity index (χ1) is 13.5. The van der Waals surface area contributed by atoms with E-state index in [1.165, 1.54) is 16.7 Å². The normalized spacial score (nSPS) is 19.5. The molecule has 2 aliphatic rings. The lowest BCUT2D eigenvalue weighted by atomic mass is 10.0. The molecule has 2 aromatic rings. The minimum Gasteiger partial charge on any atom is -0.373 e. The average Bonchev–Trinajstić information content (AvgIpc) is 3.19. The van der Waals surface area contributed by atoms with Gasteiger partial charge in [-0.3, -0.25) is 9.69 Å². The molecule has 6 nitrogen and oxygen atoms in total. The maximum atomic E-state index is 11.7. The standard InChI is InChI=1S/C22H29N5O/c1-15-6-4-5-7-17(15)12-26-10-9-20-19(14-26)22(23-3)25-21(24-20)18-8-11-27(13-18)16(2)28/h4-7,18H,8-14H2,1-3H3,(H,23,24,25)/t18-/m0/s1. The molecule has 0 bridgehead atoms. The van der Waals surface area contributed by atoms with Crippen LogP contribution in [0.1, 0.15) is 47.5 Å². The summed E-state index contributed by atoms with van der Waals surface area (Å²) < 4.78 is 0. The second-order valence-electron chi connectivity index (χ2n) is 7.94. The first-order valence-corrected chi connectivity index (χ1v) is 10.1. The Bertz CT molecular complexity index is 864. The number of anilines is 1. The molecule has 0 saturated carbocycles. The molecule has 1 aromatic carbocycles. The van der Waals surface area contributed by atoms with Crippen LogP contribution in [0.25, 0.3) is 0 Å². The molecule has 1 atom stereocenters. The predicted octanol–water partition coefficient (Wildman–Crippen LogP) is 2.72. The van der Waals surface area contributed by atoms with Gasteiger partial charge in [0, 0.05) is 64.6 Å². The van der Waals surface area contributed by atoms with Gasteiger partial charge < -0.3 is 10.2 Å². The highest BCUT2D eigenvalue weighted by Gasteiger charge is 2.30. The number of benzene rings is 1. The van der Waals surface area contributed by atoms with Crippen LogP contribution in [0, 0.1) is 6.92 Å². The monoisotopic (exact) mass is 379 g/mol. The fourth-order valence-corrected chi connectivity index (χ4v) is 4.30. The van der Waals surface area contributed by atoms with Gasteiger partial charge in [0.2, 0.25) is 5.91 Å². The Kier molecular flexibility index (Phi) is 5.31. The molecule has 0 aliphatic carbocycles. The zero-order valence-corrected chi connectivity index (χ0v) is 17.0. The smallest absolute Gasteiger partial charge is 0.219 e. The summed E-state index contributed by atoms with van der Waals surface area (Å²) in [4.78, 5) is 25.8. The van der Waals surface area contributed by atoms with Gasteiger partial charge in [-0.1, -0.05) is 24.3 Å². The third-order valence-corrected chi connectivity index (χ3v) is 6.05. The van der Waals surface area contributed by atoms with Crippen molar-refractivity contribution in [1.82, 2.24) is 19.8 Å². The van der Waals surface area contributed by atoms with Gasteiger partial charge in [0.05, 0.1) is 5.69 Å². The fraction of sp³-hybridized carbons (Fsp3) is 0.500. The summed E-state index contributed by atoms with van der Waals surface area (Å²) >= 11 is 0. The van der Waals surface area contributed by atoms with Crippen molar-refractivity contribution in [2.75, 3.05) is 32.0 Å². The quantitative estimate of drug-likeness (QED) is 0.885. The molecule has 148 valence electrons. The molecule has 2 aliphatic heterocycles. The van der Waals surface area contributed by atoms with Crippen molar-refractivity contribution < 1.29 is 4.79 Å². The van der Waals surface area contributed by atoms with E-state index in [0.29, 0.717) is 0 Å². The molecule has 4 rings (SSSR count). The van der Waals surface area contributed by atoms with Gasteiger partial charge in [0.1, 0.15) is 11.6 Å². The summed E-state index contributed by atoms with van der Waals surface area (Å²) in [5.41, 5.74) is 5.10. The number of likely N-dealkylation sites (tertiary alicyclic amines) is 1. The molecule has 1 saturated heterocycles. The van der Waals surface area contributed by atoms with Crippen LogP contribution >= 0.6 is 0 Å². The van der Waals surface area contributed by atoms with Gasteiger partial charge in [-0.05, 0) is 24.5 Å². The second-order valence-corrected chi connectivity index (χ2v) is 7.94. The number of carbonyl (C=O) groups excluding carboxylic acids is 1. The largest absolute Gasteiger partial charge is 0.373 e. The van der Waals surface area contributed by atoms with Crippen molar-refractivity contribution in [3.8, 4) is 0 Å². The zero-order valence-electron chi connectivity index (χ0n) is 17.0. The number of hydrogen-bond acceptors (Lipinski definition) is 5. The number of nitrogens with one attached hydrogen (secondary N) is 1. The Balaban J connectivity index is 1.54. The van der Waals surface area contributed by atoms with E-state index in [4.69, 9.17) is 9.97 Å². The fourth-order valence-electron chi connectivity index (χ4n) is 4.30. The summed E-state index contributed by atoms with van der Waals surface area (Å²) in [6.07, 6.45) is 1.88. The first kappa shape index (κ1) is 18.9. The van der Waals surface area contributed by atoms with E-state index in [-0.39, 0.29) is 11.8 Å². The zero-order chi connectivity index (χ0) is 19.7. The number of fused-ring (bicyclic) bond motifs is 1. The second kappa shape index (κ2) is 7.87. The summed E-state index contributed by atoms with van der Waals surface area (Å²) in [5.74, 6) is 2.21. The molecule has 6 heteroatoms. The number of nitrogens with zero attached hydrogens (tertiary/aromatic N) is 4. The third-order valence-electron chi connectivity index (χ3n) is 6.05. The van der Waals surface area contributed by atoms with Crippen LogP contribution in [0.3, 0.4) is 0 Å². The number of aryl methyl sites for hydroxylation is 1. The SMILES string of the molecule is CNc1nc([C@H]2CCN(C(C)=O)C2)nc2c1CN(Cc1ccccc1C)CC2. The highest BCUT2D eigenvalue weighted by molar-refractivity contribution is 5.73. The van der Waals surface area contributed by atoms with Crippen LogP contribution in [-0.2, 0) is 24.3 Å². The van der Waals surface area contributed by atoms with Crippen molar-refractivity contribution in [1.29, 1.82) is 0 Å². The summed E-state index contributed by atoms with van der Waals surface area (Å²) in [5, 5.41) is 3.29. The summed E-state index contributed by atoms with van der Waals surface area (Å²) in [6, 6.07) is 8.59. The Morgan fingerprint density at radius 3 is 2.79 bits per heavy atom. The maximum Gasteiger partial charge on any atom is 0.219 e. The van der Waals surface area contributed by atoms with Gasteiger partial charge in [-0.15, -0.1) is 0 Å². The summed E-state index contributed by atoms with van der Waals surface area (Å²) in [6.45, 7) is 8.17. The highest BCUT2D eigenvalue weighted by Crippen LogP contribution is 2.30. The van der Waals surface area contributed by atoms with Crippen LogP contribution in [-0.4, -0.2) is 52.4 Å². The Morgan fingerprint density at radius 1 is 1.25 bits per heavy atom. The highest BCUT2D eigenvalue weighted by atomic mass is 16.2. The van der Waals surface area contributed by atoms with E-state index in [1.807, 2.05) is 11.9 Å². The minimum atomic E-state index is 0.140. The molecule has 3 heterocycles. The molecule has 1 amide bonds. The number of aromatic nitrogens is 2. The molecule has 1 fully saturated rings. The van der Waals surface area contributed by atoms with Crippen molar-refractivity contribution in [3.63, 3.8) is 0 Å². The average molecular weight is 380 g/mol. The van der Waals surface area contributed by atoms with E-state index >= 15 is 0 Å². The van der Waals surface area contributed by atoms with Crippen LogP contribution in [0.15, 0.2) is 24.3 Å². The number of hydrogen-bond donors (Lipinski definition) is 1. The van der Waals surface area contributed by atoms with Gasteiger partial charge >= 0.3 is 0 Å². The van der Waals surface area contributed by atoms with E-state index in [2.05, 4.69) is 41.4 Å². The van der Waals surface area contributed by atoms with Crippen LogP contribution in [0.5, 0.6) is 0 Å². The van der Waals surface area contributed by atoms with Gasteiger partial charge in [0.25, 0.3) is 0 Å². The molecular formula is C22H29N5O. The van der Waals surface area contributed by atoms with Crippen LogP contribution in [0.4, 0.5) is 5.82 Å². The predicted molar refractivity (Wildman–Crippen MR) is 110 cm³/mol. The lowest BCUT2D eigenvalue weighted by Crippen LogP contribution is -2.32. The Morgan fingerprint density at radius 2 is 2.07 bits per heavy atom. The van der Waals surface area contributed by atoms with E-state index < -0.39 is 0 Å². The Hall–Kier alpha value is -2.47. The minimum absolute atomic E-state index is 0.140. The topological polar surface area (TPSA) is 61.4 Å². The number of rotatable bonds is 4. The van der Waals surface area contributed by atoms with Crippen LogP contribution in [0.2, 0.25) is 0 Å². The molecule has 1 N–H and O–H groups in total. The molecule has 1 aromatic heterocycles. The van der Waals surface area contributed by atoms with E-state index in [1.54, 1.807) is 6.92 Å². The molecule has 0 unspecified atom stereocenters. The van der Waals surface area contributed by atoms with Gasteiger partial charge in [0.15, 0.2) is 0 Å². The third kappa shape index (κ3) is 3.74. The van der Waals surface area contributed by atoms with E-state index in [0.717, 1.165) is 62.9 Å². The van der Waals surface area contributed by atoms with Crippen molar-refractivity contribution in [3.05, 3.63) is 52.5 Å². The molecule has 0 spiro atoms. The van der Waals surface area contributed by atoms with Crippen LogP contribution < -0.4 is 5.32 Å². The molecular weight excluding hydrogens is 350 g/mol. The lowest BCUT2D eigenvalue weighted by molar-refractivity contribution is -0.127.